The second-order valence-corrected chi connectivity index (χ2v) is 14.1. The summed E-state index contributed by atoms with van der Waals surface area (Å²) in [5.41, 5.74) is 2.70. The molecule has 0 radical (unpaired) electrons. The molecule has 4 aromatic rings. The average molecular weight is 555 g/mol. The zero-order valence-corrected chi connectivity index (χ0v) is 23.2. The van der Waals surface area contributed by atoms with Crippen molar-refractivity contribution in [2.75, 3.05) is 0 Å². The van der Waals surface area contributed by atoms with Crippen LogP contribution in [0.4, 0.5) is 0 Å². The summed E-state index contributed by atoms with van der Waals surface area (Å²) in [6.45, 7) is 0. The van der Waals surface area contributed by atoms with Gasteiger partial charge in [0.05, 0.1) is 10.1 Å². The van der Waals surface area contributed by atoms with Crippen LogP contribution in [0.3, 0.4) is 0 Å². The number of hydrogen-bond donors (Lipinski definition) is 2. The van der Waals surface area contributed by atoms with Gasteiger partial charge in [-0.25, -0.2) is 13.2 Å². The summed E-state index contributed by atoms with van der Waals surface area (Å²) in [4.78, 5) is 14.6. The second kappa shape index (κ2) is 11.9. The number of carbonyl (C=O) groups is 1. The Balaban J connectivity index is 1.49. The molecule has 0 bridgehead atoms. The summed E-state index contributed by atoms with van der Waals surface area (Å²) in [6, 6.07) is 33.8. The maximum Gasteiger partial charge on any atom is 0.382 e. The number of rotatable bonds is 6. The molecule has 0 spiro atoms. The molecule has 1 aliphatic rings. The smallest absolute Gasteiger partial charge is 0.382 e. The molecule has 39 heavy (non-hydrogen) atoms. The lowest BCUT2D eigenvalue weighted by Gasteiger charge is -2.25. The molecule has 0 amide bonds. The van der Waals surface area contributed by atoms with Gasteiger partial charge in [0, 0.05) is 11.5 Å². The van der Waals surface area contributed by atoms with Crippen LogP contribution in [0.5, 0.6) is 0 Å². The highest BCUT2D eigenvalue weighted by Gasteiger charge is 2.29. The van der Waals surface area contributed by atoms with E-state index in [0.29, 0.717) is 10.5 Å². The van der Waals surface area contributed by atoms with Crippen LogP contribution in [0.15, 0.2) is 123 Å². The fourth-order valence-electron chi connectivity index (χ4n) is 5.07. The van der Waals surface area contributed by atoms with E-state index in [9.17, 15) is 13.2 Å². The molecule has 4 nitrogen and oxygen atoms in total. The Kier molecular flexibility index (Phi) is 8.21. The molecule has 198 valence electrons. The number of carboxylic acids is 1. The van der Waals surface area contributed by atoms with Crippen molar-refractivity contribution in [3.8, 4) is 23.0 Å². The Labute approximate surface area is 233 Å². The quantitative estimate of drug-likeness (QED) is 0.193. The van der Waals surface area contributed by atoms with Gasteiger partial charge in [0.25, 0.3) is 0 Å². The molecule has 1 aliphatic carbocycles. The zero-order chi connectivity index (χ0) is 27.2. The lowest BCUT2D eigenvalue weighted by atomic mass is 10.0. The fraction of sp³-hybridized carbons (Fsp3) is 0.182. The van der Waals surface area contributed by atoms with Crippen LogP contribution in [0.1, 0.15) is 37.7 Å². The van der Waals surface area contributed by atoms with Crippen LogP contribution in [0.2, 0.25) is 0 Å². The number of hydrogen-bond acceptors (Lipinski definition) is 3. The van der Waals surface area contributed by atoms with Crippen LogP contribution in [-0.4, -0.2) is 24.7 Å². The van der Waals surface area contributed by atoms with E-state index >= 15 is 0 Å². The lowest BCUT2D eigenvalue weighted by Crippen LogP contribution is -2.24. The topological polar surface area (TPSA) is 71.4 Å². The third-order valence-electron chi connectivity index (χ3n) is 7.07. The van der Waals surface area contributed by atoms with Gasteiger partial charge in [-0.1, -0.05) is 67.6 Å². The Morgan fingerprint density at radius 2 is 1.36 bits per heavy atom. The number of aliphatic carboxylic acids is 1. The van der Waals surface area contributed by atoms with E-state index in [-0.39, 0.29) is 5.25 Å². The molecule has 1 unspecified atom stereocenters. The number of carboxylic acid groups (broad SMARTS) is 1. The van der Waals surface area contributed by atoms with Crippen molar-refractivity contribution < 1.29 is 18.3 Å². The molecule has 1 fully saturated rings. The van der Waals surface area contributed by atoms with Crippen molar-refractivity contribution in [1.29, 1.82) is 0 Å². The van der Waals surface area contributed by atoms with E-state index in [1.54, 1.807) is 12.1 Å². The van der Waals surface area contributed by atoms with Gasteiger partial charge in [-0.15, -0.1) is 0 Å². The number of sulfone groups is 1. The monoisotopic (exact) mass is 554 g/mol. The van der Waals surface area contributed by atoms with E-state index in [1.165, 1.54) is 4.90 Å². The summed E-state index contributed by atoms with van der Waals surface area (Å²) in [5, 5.41) is 8.52. The number of thiol groups is 1. The third-order valence-corrected chi connectivity index (χ3v) is 11.8. The first kappa shape index (κ1) is 26.8. The SMILES string of the molecule is O=C(O)C#Cc1ccc(-c2cccc([SH](c3ccccc3)c3ccc(S(=O)(=O)C4CCCCC4)cc3)c2)cc1. The first-order valence-corrected chi connectivity index (χ1v) is 16.0. The molecule has 0 saturated heterocycles. The first-order valence-electron chi connectivity index (χ1n) is 13.1. The predicted octanol–water partition coefficient (Wildman–Crippen LogP) is 7.37. The van der Waals surface area contributed by atoms with Crippen molar-refractivity contribution in [3.63, 3.8) is 0 Å². The Bertz CT molecular complexity index is 1610. The normalized spacial score (nSPS) is 15.1. The summed E-state index contributed by atoms with van der Waals surface area (Å²) in [7, 11) is -4.24. The summed E-state index contributed by atoms with van der Waals surface area (Å²) < 4.78 is 26.6. The zero-order valence-electron chi connectivity index (χ0n) is 21.5. The molecular weight excluding hydrogens is 524 g/mol. The number of benzene rings is 4. The minimum atomic E-state index is -3.32. The fourth-order valence-corrected chi connectivity index (χ4v) is 9.24. The van der Waals surface area contributed by atoms with Crippen LogP contribution in [-0.2, 0) is 14.6 Å². The van der Waals surface area contributed by atoms with Crippen LogP contribution >= 0.6 is 10.9 Å². The van der Waals surface area contributed by atoms with Gasteiger partial charge in [-0.3, -0.25) is 0 Å². The molecule has 4 aromatic carbocycles. The van der Waals surface area contributed by atoms with Gasteiger partial charge in [-0.05, 0) is 99.3 Å². The van der Waals surface area contributed by atoms with Crippen LogP contribution in [0, 0.1) is 11.8 Å². The van der Waals surface area contributed by atoms with Crippen molar-refractivity contribution in [1.82, 2.24) is 0 Å². The molecule has 0 aromatic heterocycles. The highest BCUT2D eigenvalue weighted by Crippen LogP contribution is 2.52. The van der Waals surface area contributed by atoms with Gasteiger partial charge in [0.2, 0.25) is 0 Å². The van der Waals surface area contributed by atoms with Crippen LogP contribution in [0.25, 0.3) is 11.1 Å². The molecule has 6 heteroatoms. The first-order chi connectivity index (χ1) is 18.9. The Morgan fingerprint density at radius 1 is 0.718 bits per heavy atom. The van der Waals surface area contributed by atoms with E-state index in [2.05, 4.69) is 42.2 Å². The minimum absolute atomic E-state index is 0.272. The molecule has 1 N–H and O–H groups in total. The minimum Gasteiger partial charge on any atom is -0.472 e. The molecule has 1 atom stereocenters. The van der Waals surface area contributed by atoms with E-state index in [1.807, 2.05) is 60.7 Å². The van der Waals surface area contributed by atoms with Crippen LogP contribution < -0.4 is 0 Å². The van der Waals surface area contributed by atoms with Gasteiger partial charge in [0.15, 0.2) is 9.84 Å². The van der Waals surface area contributed by atoms with E-state index < -0.39 is 26.7 Å². The second-order valence-electron chi connectivity index (χ2n) is 9.65. The summed E-state index contributed by atoms with van der Waals surface area (Å²) >= 11 is 0. The van der Waals surface area contributed by atoms with Gasteiger partial charge in [0.1, 0.15) is 0 Å². The molecular formula is C33H30O4S2. The third kappa shape index (κ3) is 6.27. The van der Waals surface area contributed by atoms with Crippen molar-refractivity contribution in [2.45, 2.75) is 56.9 Å². The highest BCUT2D eigenvalue weighted by atomic mass is 32.2. The molecule has 0 heterocycles. The average Bonchev–Trinajstić information content (AvgIpc) is 2.98. The molecule has 0 aliphatic heterocycles. The van der Waals surface area contributed by atoms with Gasteiger partial charge in [-0.2, -0.15) is 10.9 Å². The maximum atomic E-state index is 13.3. The molecule has 1 saturated carbocycles. The van der Waals surface area contributed by atoms with E-state index in [4.69, 9.17) is 5.11 Å². The van der Waals surface area contributed by atoms with Gasteiger partial charge < -0.3 is 5.11 Å². The largest absolute Gasteiger partial charge is 0.472 e. The predicted molar refractivity (Wildman–Crippen MR) is 157 cm³/mol. The highest BCUT2D eigenvalue weighted by molar-refractivity contribution is 8.17. The summed E-state index contributed by atoms with van der Waals surface area (Å²) in [6.07, 6.45) is 4.59. The van der Waals surface area contributed by atoms with Crippen molar-refractivity contribution >= 4 is 26.7 Å². The summed E-state index contributed by atoms with van der Waals surface area (Å²) in [5.74, 6) is 3.63. The molecule has 5 rings (SSSR count). The maximum absolute atomic E-state index is 13.3. The van der Waals surface area contributed by atoms with Crippen molar-refractivity contribution in [3.05, 3.63) is 109 Å². The Hall–Kier alpha value is -3.79. The van der Waals surface area contributed by atoms with E-state index in [0.717, 1.165) is 53.0 Å². The van der Waals surface area contributed by atoms with Gasteiger partial charge >= 0.3 is 5.97 Å². The lowest BCUT2D eigenvalue weighted by molar-refractivity contribution is -0.130. The van der Waals surface area contributed by atoms with Crippen molar-refractivity contribution in [2.24, 2.45) is 0 Å². The standard InChI is InChI=1S/C33H30O4S2/c34-33(35)23-16-25-14-17-26(18-15-25)27-8-7-11-30(24-27)38(28-9-3-1-4-10-28)29-19-21-32(22-20-29)39(36,37)31-12-5-2-6-13-31/h1,3-4,7-11,14-15,17-22,24,31,38H,2,5-6,12-13H2,(H,34,35). The Morgan fingerprint density at radius 3 is 2.03 bits per heavy atom.